The first kappa shape index (κ1) is 19.6. The molecule has 154 valence electrons. The van der Waals surface area contributed by atoms with Crippen molar-refractivity contribution < 1.29 is 33.2 Å². The smallest absolute Gasteiger partial charge is 0.256 e. The Morgan fingerprint density at radius 1 is 0.964 bits per heavy atom. The maximum absolute atomic E-state index is 13.0. The number of amides is 1. The van der Waals surface area contributed by atoms with E-state index in [1.807, 2.05) is 20.8 Å². The largest absolute Gasteiger partial charge is 0.494 e. The zero-order valence-corrected chi connectivity index (χ0v) is 16.8. The van der Waals surface area contributed by atoms with Crippen LogP contribution in [0.1, 0.15) is 34.6 Å². The second kappa shape index (κ2) is 6.96. The molecule has 3 aliphatic heterocycles. The fourth-order valence-electron chi connectivity index (χ4n) is 3.84. The second-order valence-corrected chi connectivity index (χ2v) is 8.04. The molecule has 28 heavy (non-hydrogen) atoms. The van der Waals surface area contributed by atoms with Crippen molar-refractivity contribution in [1.29, 1.82) is 0 Å². The standard InChI is InChI=1S/C20H27NO7/c1-6-23-12-9-7-11(8-10-12)21-17(22)15-13-14(26-19(2,3)25-13)16-18(24-15)28-20(4,5)27-16/h7-10,13-16,18H,6H2,1-5H3,(H,21,22)/t13-,14-,15-,16-,18-/m1/s1. The average molecular weight is 393 g/mol. The number of fused-ring (bicyclic) bond motifs is 3. The van der Waals surface area contributed by atoms with Crippen LogP contribution in [0.2, 0.25) is 0 Å². The minimum atomic E-state index is -0.892. The fraction of sp³-hybridized carbons (Fsp3) is 0.650. The molecule has 0 saturated carbocycles. The van der Waals surface area contributed by atoms with Gasteiger partial charge in [-0.2, -0.15) is 0 Å². The van der Waals surface area contributed by atoms with Crippen molar-refractivity contribution >= 4 is 11.6 Å². The minimum Gasteiger partial charge on any atom is -0.494 e. The number of hydrogen-bond donors (Lipinski definition) is 1. The van der Waals surface area contributed by atoms with Gasteiger partial charge in [0.25, 0.3) is 5.91 Å². The molecule has 1 amide bonds. The Kier molecular flexibility index (Phi) is 4.87. The molecule has 0 unspecified atom stereocenters. The highest BCUT2D eigenvalue weighted by molar-refractivity contribution is 5.94. The molecule has 0 radical (unpaired) electrons. The van der Waals surface area contributed by atoms with Gasteiger partial charge in [-0.3, -0.25) is 4.79 Å². The Bertz CT molecular complexity index is 733. The summed E-state index contributed by atoms with van der Waals surface area (Å²) in [6.45, 7) is 9.73. The normalized spacial score (nSPS) is 35.1. The predicted molar refractivity (Wildman–Crippen MR) is 98.8 cm³/mol. The van der Waals surface area contributed by atoms with Gasteiger partial charge in [-0.05, 0) is 58.9 Å². The summed E-state index contributed by atoms with van der Waals surface area (Å²) in [5.41, 5.74) is 0.637. The number of ether oxygens (including phenoxy) is 6. The van der Waals surface area contributed by atoms with Crippen LogP contribution in [-0.2, 0) is 28.5 Å². The summed E-state index contributed by atoms with van der Waals surface area (Å²) in [6, 6.07) is 7.16. The molecule has 4 rings (SSSR count). The summed E-state index contributed by atoms with van der Waals surface area (Å²) in [6.07, 6.45) is -3.12. The monoisotopic (exact) mass is 393 g/mol. The van der Waals surface area contributed by atoms with E-state index in [0.717, 1.165) is 5.75 Å². The summed E-state index contributed by atoms with van der Waals surface area (Å²) in [4.78, 5) is 13.0. The van der Waals surface area contributed by atoms with Gasteiger partial charge in [0.1, 0.15) is 24.1 Å². The Morgan fingerprint density at radius 2 is 1.57 bits per heavy atom. The first-order valence-electron chi connectivity index (χ1n) is 9.58. The maximum Gasteiger partial charge on any atom is 0.256 e. The molecular weight excluding hydrogens is 366 g/mol. The molecule has 3 aliphatic rings. The number of carbonyl (C=O) groups excluding carboxylic acids is 1. The van der Waals surface area contributed by atoms with E-state index in [0.29, 0.717) is 12.3 Å². The topological polar surface area (TPSA) is 84.5 Å². The molecule has 3 heterocycles. The van der Waals surface area contributed by atoms with Crippen LogP contribution < -0.4 is 10.1 Å². The lowest BCUT2D eigenvalue weighted by Crippen LogP contribution is -2.58. The maximum atomic E-state index is 13.0. The summed E-state index contributed by atoms with van der Waals surface area (Å²) in [5, 5.41) is 2.87. The summed E-state index contributed by atoms with van der Waals surface area (Å²) < 4.78 is 35.2. The Morgan fingerprint density at radius 3 is 2.25 bits per heavy atom. The van der Waals surface area contributed by atoms with E-state index < -0.39 is 42.3 Å². The Hall–Kier alpha value is -1.71. The van der Waals surface area contributed by atoms with E-state index >= 15 is 0 Å². The van der Waals surface area contributed by atoms with Crippen molar-refractivity contribution in [2.45, 2.75) is 76.9 Å². The van der Waals surface area contributed by atoms with Crippen LogP contribution in [0.15, 0.2) is 24.3 Å². The lowest BCUT2D eigenvalue weighted by molar-refractivity contribution is -0.229. The Balaban J connectivity index is 1.52. The predicted octanol–water partition coefficient (Wildman–Crippen LogP) is 2.42. The third kappa shape index (κ3) is 3.75. The van der Waals surface area contributed by atoms with Crippen molar-refractivity contribution in [3.05, 3.63) is 24.3 Å². The van der Waals surface area contributed by atoms with Crippen LogP contribution in [0.3, 0.4) is 0 Å². The lowest BCUT2D eigenvalue weighted by Gasteiger charge is -2.36. The van der Waals surface area contributed by atoms with Crippen molar-refractivity contribution in [1.82, 2.24) is 0 Å². The quantitative estimate of drug-likeness (QED) is 0.841. The molecule has 0 aliphatic carbocycles. The van der Waals surface area contributed by atoms with Gasteiger partial charge >= 0.3 is 0 Å². The zero-order valence-electron chi connectivity index (χ0n) is 16.8. The number of carbonyl (C=O) groups is 1. The zero-order chi connectivity index (χ0) is 20.1. The molecule has 5 atom stereocenters. The van der Waals surface area contributed by atoms with Crippen molar-refractivity contribution in [2.24, 2.45) is 0 Å². The van der Waals surface area contributed by atoms with E-state index in [9.17, 15) is 4.79 Å². The van der Waals surface area contributed by atoms with Gasteiger partial charge < -0.3 is 33.7 Å². The average Bonchev–Trinajstić information content (AvgIpc) is 3.10. The summed E-state index contributed by atoms with van der Waals surface area (Å²) in [7, 11) is 0. The first-order chi connectivity index (χ1) is 13.2. The summed E-state index contributed by atoms with van der Waals surface area (Å²) >= 11 is 0. The van der Waals surface area contributed by atoms with E-state index in [1.165, 1.54) is 0 Å². The molecule has 8 heteroatoms. The van der Waals surface area contributed by atoms with Crippen LogP contribution in [0, 0.1) is 0 Å². The fourth-order valence-corrected chi connectivity index (χ4v) is 3.84. The first-order valence-corrected chi connectivity index (χ1v) is 9.58. The van der Waals surface area contributed by atoms with Gasteiger partial charge in [0.2, 0.25) is 0 Å². The van der Waals surface area contributed by atoms with Gasteiger partial charge in [-0.25, -0.2) is 0 Å². The van der Waals surface area contributed by atoms with Crippen molar-refractivity contribution in [3.63, 3.8) is 0 Å². The van der Waals surface area contributed by atoms with Crippen LogP contribution >= 0.6 is 0 Å². The van der Waals surface area contributed by atoms with Gasteiger partial charge in [0.05, 0.1) is 6.61 Å². The summed E-state index contributed by atoms with van der Waals surface area (Å²) in [5.74, 6) is -1.25. The molecule has 1 aromatic rings. The van der Waals surface area contributed by atoms with E-state index in [4.69, 9.17) is 28.4 Å². The van der Waals surface area contributed by atoms with E-state index in [1.54, 1.807) is 38.1 Å². The van der Waals surface area contributed by atoms with Gasteiger partial charge in [-0.15, -0.1) is 0 Å². The van der Waals surface area contributed by atoms with E-state index in [-0.39, 0.29) is 5.91 Å². The molecular formula is C20H27NO7. The van der Waals surface area contributed by atoms with Crippen molar-refractivity contribution in [3.8, 4) is 5.75 Å². The number of hydrogen-bond acceptors (Lipinski definition) is 7. The third-order valence-corrected chi connectivity index (χ3v) is 4.85. The highest BCUT2D eigenvalue weighted by Gasteiger charge is 2.62. The van der Waals surface area contributed by atoms with E-state index in [2.05, 4.69) is 5.32 Å². The van der Waals surface area contributed by atoms with Crippen LogP contribution in [0.5, 0.6) is 5.75 Å². The SMILES string of the molecule is CCOc1ccc(NC(=O)[C@@H]2O[C@@H]3OC(C)(C)O[C@@H]3[C@@H]3OC(C)(C)O[C@H]32)cc1. The molecule has 3 saturated heterocycles. The van der Waals surface area contributed by atoms with Gasteiger partial charge in [0.15, 0.2) is 24.0 Å². The Labute approximate surface area is 164 Å². The molecule has 0 bridgehead atoms. The number of nitrogens with one attached hydrogen (secondary N) is 1. The third-order valence-electron chi connectivity index (χ3n) is 4.85. The van der Waals surface area contributed by atoms with Crippen LogP contribution in [0.4, 0.5) is 5.69 Å². The van der Waals surface area contributed by atoms with Crippen LogP contribution in [-0.4, -0.2) is 54.8 Å². The molecule has 1 aromatic carbocycles. The highest BCUT2D eigenvalue weighted by Crippen LogP contribution is 2.44. The molecule has 8 nitrogen and oxygen atoms in total. The van der Waals surface area contributed by atoms with Crippen molar-refractivity contribution in [2.75, 3.05) is 11.9 Å². The number of benzene rings is 1. The number of anilines is 1. The van der Waals surface area contributed by atoms with Crippen LogP contribution in [0.25, 0.3) is 0 Å². The van der Waals surface area contributed by atoms with Gasteiger partial charge in [-0.1, -0.05) is 0 Å². The lowest BCUT2D eigenvalue weighted by atomic mass is 9.98. The minimum absolute atomic E-state index is 0.327. The molecule has 0 aromatic heterocycles. The number of rotatable bonds is 4. The second-order valence-electron chi connectivity index (χ2n) is 8.04. The van der Waals surface area contributed by atoms with Gasteiger partial charge in [0, 0.05) is 5.69 Å². The molecule has 0 spiro atoms. The molecule has 1 N–H and O–H groups in total. The highest BCUT2D eigenvalue weighted by atomic mass is 16.9. The molecule has 3 fully saturated rings.